The van der Waals surface area contributed by atoms with E-state index < -0.39 is 54.4 Å². The van der Waals surface area contributed by atoms with Crippen molar-refractivity contribution < 1.29 is 52.3 Å². The van der Waals surface area contributed by atoms with E-state index in [4.69, 9.17) is 44.8 Å². The average Bonchev–Trinajstić information content (AvgIpc) is 2.86. The topological polar surface area (TPSA) is 133 Å². The number of carbonyl (C=O) groups is 4. The SMILES string of the molecule is CO[C@H]1CC[C@@H](Oc2cc([C@@H]3O[C@H](COC(C)=O)[C@@H](OC(C)=O)[C@H](OC(C)=O)[C@H]3OC(C)=O)ccc2Cl)CC1. The van der Waals surface area contributed by atoms with Crippen LogP contribution in [0.2, 0.25) is 5.02 Å². The lowest BCUT2D eigenvalue weighted by atomic mass is 9.90. The minimum atomic E-state index is -1.26. The predicted octanol–water partition coefficient (Wildman–Crippen LogP) is 3.47. The van der Waals surface area contributed by atoms with Gasteiger partial charge in [-0.2, -0.15) is 0 Å². The molecule has 216 valence electrons. The first-order chi connectivity index (χ1) is 18.5. The van der Waals surface area contributed by atoms with Crippen molar-refractivity contribution in [3.63, 3.8) is 0 Å². The molecule has 1 aromatic rings. The molecule has 0 spiro atoms. The van der Waals surface area contributed by atoms with Gasteiger partial charge in [0.25, 0.3) is 0 Å². The first-order valence-corrected chi connectivity index (χ1v) is 13.2. The molecular formula is C27H35ClO11. The van der Waals surface area contributed by atoms with E-state index in [0.29, 0.717) is 16.3 Å². The van der Waals surface area contributed by atoms with Gasteiger partial charge in [0.15, 0.2) is 18.3 Å². The molecular weight excluding hydrogens is 536 g/mol. The largest absolute Gasteiger partial charge is 0.489 e. The molecule has 5 atom stereocenters. The van der Waals surface area contributed by atoms with E-state index >= 15 is 0 Å². The summed E-state index contributed by atoms with van der Waals surface area (Å²) in [4.78, 5) is 47.7. The van der Waals surface area contributed by atoms with Crippen LogP contribution in [0.5, 0.6) is 5.75 Å². The number of hydrogen-bond donors (Lipinski definition) is 0. The summed E-state index contributed by atoms with van der Waals surface area (Å²) < 4.78 is 39.6. The monoisotopic (exact) mass is 570 g/mol. The van der Waals surface area contributed by atoms with Crippen LogP contribution >= 0.6 is 11.6 Å². The van der Waals surface area contributed by atoms with E-state index in [0.717, 1.165) is 25.7 Å². The zero-order valence-corrected chi connectivity index (χ0v) is 23.4. The van der Waals surface area contributed by atoms with Crippen LogP contribution < -0.4 is 4.74 Å². The lowest BCUT2D eigenvalue weighted by molar-refractivity contribution is -0.254. The maximum atomic E-state index is 12.1. The molecule has 1 saturated heterocycles. The smallest absolute Gasteiger partial charge is 0.303 e. The van der Waals surface area contributed by atoms with Crippen molar-refractivity contribution in [2.75, 3.05) is 13.7 Å². The molecule has 1 saturated carbocycles. The molecule has 0 amide bonds. The van der Waals surface area contributed by atoms with E-state index in [9.17, 15) is 19.2 Å². The van der Waals surface area contributed by atoms with Gasteiger partial charge >= 0.3 is 23.9 Å². The molecule has 3 rings (SSSR count). The Labute approximate surface area is 232 Å². The lowest BCUT2D eigenvalue weighted by Gasteiger charge is -2.44. The summed E-state index contributed by atoms with van der Waals surface area (Å²) in [6, 6.07) is 4.96. The van der Waals surface area contributed by atoms with Gasteiger partial charge in [-0.15, -0.1) is 0 Å². The van der Waals surface area contributed by atoms with Crippen molar-refractivity contribution in [3.8, 4) is 5.75 Å². The van der Waals surface area contributed by atoms with Gasteiger partial charge < -0.3 is 33.2 Å². The minimum absolute atomic E-state index is 0.0699. The van der Waals surface area contributed by atoms with Crippen LogP contribution in [0.4, 0.5) is 0 Å². The molecule has 11 nitrogen and oxygen atoms in total. The van der Waals surface area contributed by atoms with Crippen molar-refractivity contribution in [2.45, 2.75) is 96.1 Å². The zero-order valence-electron chi connectivity index (χ0n) is 22.7. The van der Waals surface area contributed by atoms with Gasteiger partial charge in [-0.05, 0) is 43.4 Å². The highest BCUT2D eigenvalue weighted by Crippen LogP contribution is 2.40. The molecule has 0 N–H and O–H groups in total. The summed E-state index contributed by atoms with van der Waals surface area (Å²) in [6.07, 6.45) is -2.35. The van der Waals surface area contributed by atoms with Crippen molar-refractivity contribution in [1.29, 1.82) is 0 Å². The molecule has 2 fully saturated rings. The molecule has 0 radical (unpaired) electrons. The molecule has 0 aromatic heterocycles. The molecule has 1 aromatic carbocycles. The highest BCUT2D eigenvalue weighted by Gasteiger charge is 2.52. The van der Waals surface area contributed by atoms with Gasteiger partial charge in [0.1, 0.15) is 24.6 Å². The number of halogens is 1. The fraction of sp³-hybridized carbons (Fsp3) is 0.630. The summed E-state index contributed by atoms with van der Waals surface area (Å²) in [5.74, 6) is -2.26. The minimum Gasteiger partial charge on any atom is -0.489 e. The highest BCUT2D eigenvalue weighted by atomic mass is 35.5. The normalized spacial score (nSPS) is 28.6. The molecule has 1 aliphatic heterocycles. The van der Waals surface area contributed by atoms with E-state index in [1.807, 2.05) is 0 Å². The average molecular weight is 571 g/mol. The Morgan fingerprint density at radius 2 is 1.38 bits per heavy atom. The fourth-order valence-electron chi connectivity index (χ4n) is 4.85. The van der Waals surface area contributed by atoms with Crippen LogP contribution in [0.15, 0.2) is 18.2 Å². The number of rotatable bonds is 9. The van der Waals surface area contributed by atoms with Crippen molar-refractivity contribution in [1.82, 2.24) is 0 Å². The number of hydrogen-bond acceptors (Lipinski definition) is 11. The fourth-order valence-corrected chi connectivity index (χ4v) is 5.01. The van der Waals surface area contributed by atoms with Gasteiger partial charge in [-0.25, -0.2) is 0 Å². The van der Waals surface area contributed by atoms with E-state index in [1.54, 1.807) is 25.3 Å². The number of ether oxygens (including phenoxy) is 7. The second kappa shape index (κ2) is 14.0. The lowest BCUT2D eigenvalue weighted by Crippen LogP contribution is -2.59. The van der Waals surface area contributed by atoms with Gasteiger partial charge in [-0.3, -0.25) is 19.2 Å². The van der Waals surface area contributed by atoms with Crippen LogP contribution in [0.25, 0.3) is 0 Å². The molecule has 12 heteroatoms. The summed E-state index contributed by atoms with van der Waals surface area (Å²) in [5, 5.41) is 0.373. The Morgan fingerprint density at radius 1 is 0.821 bits per heavy atom. The third-order valence-electron chi connectivity index (χ3n) is 6.52. The van der Waals surface area contributed by atoms with Gasteiger partial charge in [0, 0.05) is 34.8 Å². The summed E-state index contributed by atoms with van der Waals surface area (Å²) in [7, 11) is 1.69. The van der Waals surface area contributed by atoms with E-state index in [2.05, 4.69) is 0 Å². The summed E-state index contributed by atoms with van der Waals surface area (Å²) >= 11 is 6.46. The number of carbonyl (C=O) groups excluding carboxylic acids is 4. The summed E-state index contributed by atoms with van der Waals surface area (Å²) in [6.45, 7) is 4.45. The molecule has 1 heterocycles. The summed E-state index contributed by atoms with van der Waals surface area (Å²) in [5.41, 5.74) is 0.498. The van der Waals surface area contributed by atoms with Crippen LogP contribution in [-0.2, 0) is 47.6 Å². The maximum Gasteiger partial charge on any atom is 0.303 e. The first-order valence-electron chi connectivity index (χ1n) is 12.8. The van der Waals surface area contributed by atoms with Crippen LogP contribution in [0, 0.1) is 0 Å². The third kappa shape index (κ3) is 8.55. The number of methoxy groups -OCH3 is 1. The highest BCUT2D eigenvalue weighted by molar-refractivity contribution is 6.32. The first kappa shape index (κ1) is 30.6. The quantitative estimate of drug-likeness (QED) is 0.319. The van der Waals surface area contributed by atoms with Crippen molar-refractivity contribution in [3.05, 3.63) is 28.8 Å². The van der Waals surface area contributed by atoms with Crippen LogP contribution in [0.3, 0.4) is 0 Å². The molecule has 1 aliphatic carbocycles. The van der Waals surface area contributed by atoms with Crippen molar-refractivity contribution in [2.24, 2.45) is 0 Å². The Balaban J connectivity index is 1.98. The van der Waals surface area contributed by atoms with Gasteiger partial charge in [0.05, 0.1) is 17.2 Å². The van der Waals surface area contributed by atoms with E-state index in [1.165, 1.54) is 27.7 Å². The molecule has 2 aliphatic rings. The zero-order chi connectivity index (χ0) is 28.7. The maximum absolute atomic E-state index is 12.1. The van der Waals surface area contributed by atoms with Gasteiger partial charge in [0.2, 0.25) is 0 Å². The van der Waals surface area contributed by atoms with Gasteiger partial charge in [-0.1, -0.05) is 17.7 Å². The number of esters is 4. The van der Waals surface area contributed by atoms with Crippen molar-refractivity contribution >= 4 is 35.5 Å². The molecule has 39 heavy (non-hydrogen) atoms. The Hall–Kier alpha value is -2.89. The Morgan fingerprint density at radius 3 is 1.95 bits per heavy atom. The Kier molecular flexibility index (Phi) is 11.0. The molecule has 0 bridgehead atoms. The van der Waals surface area contributed by atoms with E-state index in [-0.39, 0.29) is 18.8 Å². The standard InChI is InChI=1S/C27H35ClO11/c1-14(29)34-13-23-25(35-15(2)30)27(37-17(4)32)26(36-16(3)31)24(39-23)18-6-11-21(28)22(12-18)38-20-9-7-19(33-5)8-10-20/h6,11-12,19-20,23-27H,7-10,13H2,1-5H3/t19-,20+,23-,24+,25-,26+,27+/m1/s1. The third-order valence-corrected chi connectivity index (χ3v) is 6.84. The Bertz CT molecular complexity index is 1040. The number of benzene rings is 1. The van der Waals surface area contributed by atoms with Crippen LogP contribution in [-0.4, -0.2) is 74.2 Å². The predicted molar refractivity (Wildman–Crippen MR) is 136 cm³/mol. The van der Waals surface area contributed by atoms with Crippen LogP contribution in [0.1, 0.15) is 65.0 Å². The second-order valence-corrected chi connectivity index (χ2v) is 9.97. The molecule has 0 unspecified atom stereocenters. The second-order valence-electron chi connectivity index (χ2n) is 9.56.